The van der Waals surface area contributed by atoms with Crippen molar-refractivity contribution in [2.75, 3.05) is 5.32 Å². The number of nitro benzene ring substituents is 1. The maximum atomic E-state index is 10.8. The van der Waals surface area contributed by atoms with Crippen molar-refractivity contribution in [3.05, 3.63) is 39.8 Å². The number of benzene rings is 1. The van der Waals surface area contributed by atoms with E-state index in [1.165, 1.54) is 23.5 Å². The Bertz CT molecular complexity index is 602. The van der Waals surface area contributed by atoms with Gasteiger partial charge in [-0.2, -0.15) is 0 Å². The first-order chi connectivity index (χ1) is 8.85. The third kappa shape index (κ3) is 3.51. The van der Waals surface area contributed by atoms with E-state index in [0.29, 0.717) is 0 Å². The largest absolute Gasteiger partial charge is 0.357 e. The van der Waals surface area contributed by atoms with Gasteiger partial charge in [-0.1, -0.05) is 12.1 Å². The van der Waals surface area contributed by atoms with Gasteiger partial charge in [-0.25, -0.2) is 4.98 Å². The van der Waals surface area contributed by atoms with Crippen molar-refractivity contribution >= 4 is 22.2 Å². The molecule has 1 aromatic carbocycles. The summed E-state index contributed by atoms with van der Waals surface area (Å²) in [7, 11) is 0. The Hall–Kier alpha value is -1.95. The molecule has 1 aromatic heterocycles. The number of nitro groups is 1. The van der Waals surface area contributed by atoms with Crippen LogP contribution in [0.1, 0.15) is 20.8 Å². The minimum atomic E-state index is -0.399. The summed E-state index contributed by atoms with van der Waals surface area (Å²) < 4.78 is 0. The molecule has 0 radical (unpaired) electrons. The van der Waals surface area contributed by atoms with E-state index in [1.807, 2.05) is 11.4 Å². The zero-order valence-electron chi connectivity index (χ0n) is 11.0. The van der Waals surface area contributed by atoms with Gasteiger partial charge in [-0.15, -0.1) is 11.3 Å². The smallest absolute Gasteiger partial charge is 0.270 e. The first kappa shape index (κ1) is 13.5. The molecule has 1 N–H and O–H groups in total. The van der Waals surface area contributed by atoms with Gasteiger partial charge in [0.1, 0.15) is 0 Å². The highest BCUT2D eigenvalue weighted by atomic mass is 32.1. The second kappa shape index (κ2) is 4.97. The highest BCUT2D eigenvalue weighted by Gasteiger charge is 2.13. The Kier molecular flexibility index (Phi) is 3.53. The van der Waals surface area contributed by atoms with E-state index < -0.39 is 4.92 Å². The maximum absolute atomic E-state index is 10.8. The molecular weight excluding hydrogens is 262 g/mol. The monoisotopic (exact) mass is 277 g/mol. The number of anilines is 1. The second-order valence-corrected chi connectivity index (χ2v) is 6.08. The lowest BCUT2D eigenvalue weighted by atomic mass is 10.1. The van der Waals surface area contributed by atoms with Crippen LogP contribution in [0.2, 0.25) is 0 Å². The number of non-ortho nitro benzene ring substituents is 1. The van der Waals surface area contributed by atoms with E-state index in [9.17, 15) is 10.1 Å². The summed E-state index contributed by atoms with van der Waals surface area (Å²) in [5.41, 5.74) is 1.53. The number of rotatable bonds is 3. The normalized spacial score (nSPS) is 11.3. The van der Waals surface area contributed by atoms with Crippen LogP contribution in [0.25, 0.3) is 11.3 Å². The summed E-state index contributed by atoms with van der Waals surface area (Å²) in [6.45, 7) is 6.17. The van der Waals surface area contributed by atoms with E-state index >= 15 is 0 Å². The average molecular weight is 277 g/mol. The molecule has 2 aromatic rings. The second-order valence-electron chi connectivity index (χ2n) is 5.22. The van der Waals surface area contributed by atoms with Crippen LogP contribution in [0.15, 0.2) is 29.6 Å². The number of nitrogens with one attached hydrogen (secondary N) is 1. The minimum absolute atomic E-state index is 0.0577. The van der Waals surface area contributed by atoms with Crippen LogP contribution in [0, 0.1) is 10.1 Å². The van der Waals surface area contributed by atoms with Crippen LogP contribution in [0.3, 0.4) is 0 Å². The minimum Gasteiger partial charge on any atom is -0.357 e. The first-order valence-electron chi connectivity index (χ1n) is 5.84. The van der Waals surface area contributed by atoms with Crippen molar-refractivity contribution in [3.8, 4) is 11.3 Å². The average Bonchev–Trinajstić information content (AvgIpc) is 2.75. The van der Waals surface area contributed by atoms with Gasteiger partial charge in [0, 0.05) is 28.6 Å². The molecule has 0 amide bonds. The number of thiazole rings is 1. The summed E-state index contributed by atoms with van der Waals surface area (Å²) in [5.74, 6) is 0. The third-order valence-corrected chi connectivity index (χ3v) is 3.10. The van der Waals surface area contributed by atoms with E-state index in [2.05, 4.69) is 31.1 Å². The molecule has 0 aliphatic carbocycles. The van der Waals surface area contributed by atoms with E-state index in [4.69, 9.17) is 0 Å². The Morgan fingerprint density at radius 2 is 2.11 bits per heavy atom. The molecule has 19 heavy (non-hydrogen) atoms. The Labute approximate surface area is 115 Å². The van der Waals surface area contributed by atoms with Crippen LogP contribution >= 0.6 is 11.3 Å². The lowest BCUT2D eigenvalue weighted by Crippen LogP contribution is -2.25. The van der Waals surface area contributed by atoms with Crippen LogP contribution in [0.4, 0.5) is 10.8 Å². The van der Waals surface area contributed by atoms with Gasteiger partial charge in [0.2, 0.25) is 0 Å². The summed E-state index contributed by atoms with van der Waals surface area (Å²) in [5, 5.41) is 16.7. The number of nitrogens with zero attached hydrogens (tertiary/aromatic N) is 2. The van der Waals surface area contributed by atoms with Gasteiger partial charge < -0.3 is 5.32 Å². The Morgan fingerprint density at radius 1 is 1.37 bits per heavy atom. The van der Waals surface area contributed by atoms with E-state index in [0.717, 1.165) is 16.4 Å². The molecule has 0 aliphatic rings. The lowest BCUT2D eigenvalue weighted by Gasteiger charge is -2.19. The topological polar surface area (TPSA) is 68.1 Å². The summed E-state index contributed by atoms with van der Waals surface area (Å²) in [6.07, 6.45) is 0. The predicted octanol–water partition coefficient (Wildman–Crippen LogP) is 3.93. The molecule has 0 bridgehead atoms. The van der Waals surface area contributed by atoms with Crippen molar-refractivity contribution < 1.29 is 4.92 Å². The number of aromatic nitrogens is 1. The molecule has 0 fully saturated rings. The van der Waals surface area contributed by atoms with Crippen LogP contribution in [-0.2, 0) is 0 Å². The summed E-state index contributed by atoms with van der Waals surface area (Å²) in [6, 6.07) is 6.51. The fraction of sp³-hybridized carbons (Fsp3) is 0.308. The number of hydrogen-bond donors (Lipinski definition) is 1. The van der Waals surface area contributed by atoms with Gasteiger partial charge in [0.15, 0.2) is 5.13 Å². The van der Waals surface area contributed by atoms with Crippen LogP contribution < -0.4 is 5.32 Å². The fourth-order valence-electron chi connectivity index (χ4n) is 1.56. The predicted molar refractivity (Wildman–Crippen MR) is 77.6 cm³/mol. The molecule has 0 aliphatic heterocycles. The van der Waals surface area contributed by atoms with Gasteiger partial charge in [0.05, 0.1) is 10.6 Å². The zero-order valence-corrected chi connectivity index (χ0v) is 11.8. The Morgan fingerprint density at radius 3 is 2.74 bits per heavy atom. The van der Waals surface area contributed by atoms with Crippen molar-refractivity contribution in [1.29, 1.82) is 0 Å². The van der Waals surface area contributed by atoms with Gasteiger partial charge in [0.25, 0.3) is 5.69 Å². The highest BCUT2D eigenvalue weighted by Crippen LogP contribution is 2.28. The molecule has 0 saturated heterocycles. The molecule has 2 rings (SSSR count). The van der Waals surface area contributed by atoms with Crippen LogP contribution in [0.5, 0.6) is 0 Å². The molecular formula is C13H15N3O2S. The maximum Gasteiger partial charge on any atom is 0.270 e. The highest BCUT2D eigenvalue weighted by molar-refractivity contribution is 7.14. The molecule has 1 heterocycles. The van der Waals surface area contributed by atoms with Gasteiger partial charge in [-0.3, -0.25) is 10.1 Å². The molecule has 0 unspecified atom stereocenters. The van der Waals surface area contributed by atoms with Gasteiger partial charge >= 0.3 is 0 Å². The third-order valence-electron chi connectivity index (χ3n) is 2.34. The van der Waals surface area contributed by atoms with E-state index in [-0.39, 0.29) is 11.2 Å². The molecule has 5 nitrogen and oxygen atoms in total. The molecule has 6 heteroatoms. The standard InChI is InChI=1S/C13H15N3O2S/c1-13(2,3)15-12-14-11(8-19-12)9-5-4-6-10(7-9)16(17)18/h4-8H,1-3H3,(H,14,15). The summed E-state index contributed by atoms with van der Waals surface area (Å²) in [4.78, 5) is 14.8. The number of hydrogen-bond acceptors (Lipinski definition) is 5. The van der Waals surface area contributed by atoms with Crippen molar-refractivity contribution in [2.24, 2.45) is 0 Å². The quantitative estimate of drug-likeness (QED) is 0.681. The molecule has 0 atom stereocenters. The molecule has 0 saturated carbocycles. The van der Waals surface area contributed by atoms with Crippen molar-refractivity contribution in [1.82, 2.24) is 4.98 Å². The molecule has 0 spiro atoms. The van der Waals surface area contributed by atoms with Gasteiger partial charge in [-0.05, 0) is 20.8 Å². The summed E-state index contributed by atoms with van der Waals surface area (Å²) >= 11 is 1.49. The lowest BCUT2D eigenvalue weighted by molar-refractivity contribution is -0.384. The van der Waals surface area contributed by atoms with Crippen molar-refractivity contribution in [3.63, 3.8) is 0 Å². The zero-order chi connectivity index (χ0) is 14.0. The Balaban J connectivity index is 2.28. The van der Waals surface area contributed by atoms with Crippen molar-refractivity contribution in [2.45, 2.75) is 26.3 Å². The fourth-order valence-corrected chi connectivity index (χ4v) is 2.49. The SMILES string of the molecule is CC(C)(C)Nc1nc(-c2cccc([N+](=O)[O-])c2)cs1. The first-order valence-corrected chi connectivity index (χ1v) is 6.72. The van der Waals surface area contributed by atoms with E-state index in [1.54, 1.807) is 6.07 Å². The molecule has 100 valence electrons. The van der Waals surface area contributed by atoms with Crippen LogP contribution in [-0.4, -0.2) is 15.4 Å².